The molecule has 0 aliphatic heterocycles. The van der Waals surface area contributed by atoms with Crippen LogP contribution in [0.25, 0.3) is 66.8 Å². The van der Waals surface area contributed by atoms with Crippen molar-refractivity contribution in [3.8, 4) is 66.8 Å². The van der Waals surface area contributed by atoms with Gasteiger partial charge in [0.15, 0.2) is 0 Å². The van der Waals surface area contributed by atoms with Crippen molar-refractivity contribution in [3.63, 3.8) is 0 Å². The largest absolute Gasteiger partial charge is 0.999 e. The maximum Gasteiger partial charge on any atom is 0.261 e. The average Bonchev–Trinajstić information content (AvgIpc) is 4.02. The minimum atomic E-state index is -3.67. The molecule has 0 aliphatic carbocycles. The van der Waals surface area contributed by atoms with Gasteiger partial charge in [-0.1, -0.05) is 261 Å². The Morgan fingerprint density at radius 2 is 0.884 bits per heavy atom. The first kappa shape index (κ1) is 57.9. The van der Waals surface area contributed by atoms with Gasteiger partial charge in [-0.3, -0.25) is 4.55 Å². The van der Waals surface area contributed by atoms with Crippen LogP contribution in [-0.2, 0) is 47.6 Å². The van der Waals surface area contributed by atoms with Gasteiger partial charge in [-0.15, -0.1) is 44.5 Å². The number of nitrogens with two attached hydrogens (primary N) is 1. The Labute approximate surface area is 438 Å². The minimum absolute atomic E-state index is 0. The van der Waals surface area contributed by atoms with Crippen molar-refractivity contribution < 1.29 is 50.5 Å². The summed E-state index contributed by atoms with van der Waals surface area (Å²) in [7, 11) is -2.62. The summed E-state index contributed by atoms with van der Waals surface area (Å²) in [6.07, 6.45) is 0.715. The normalized spacial score (nSPS) is 10.6. The molecule has 0 atom stereocenters. The number of rotatable bonds is 6. The first-order valence-electron chi connectivity index (χ1n) is 22.0. The number of hydrogen-bond donors (Lipinski definition) is 2. The van der Waals surface area contributed by atoms with Crippen molar-refractivity contribution in [1.82, 2.24) is 0 Å². The van der Waals surface area contributed by atoms with Crippen molar-refractivity contribution in [2.24, 2.45) is 0 Å². The molecule has 3 N–H and O–H groups in total. The van der Waals surface area contributed by atoms with E-state index in [0.29, 0.717) is 16.6 Å². The van der Waals surface area contributed by atoms with Crippen molar-refractivity contribution in [1.29, 1.82) is 0 Å². The van der Waals surface area contributed by atoms with E-state index in [2.05, 4.69) is 224 Å². The molecule has 9 aromatic carbocycles. The summed E-state index contributed by atoms with van der Waals surface area (Å²) in [4.78, 5) is 0. The number of nitrogen functional groups attached to an aromatic ring is 1. The SMILES string of the molecule is CC(C)(C)PC(C)(C)C.CS(=O)(=O)O.Nc1ccccc1-c1[c-]cccc1.[Fe].[Pd].[c-]1[c-][c-][cH-][c-]1.c1ccc(-c2c(-c3ccccc3)c(-c3ccccc3)[c-](-c3ccccc3)c2-c2ccccc2)cc1. The molecular weight excluding hydrogens is 1020 g/mol. The topological polar surface area (TPSA) is 80.4 Å². The second-order valence-corrected chi connectivity index (χ2v) is 22.3. The Hall–Kier alpha value is -5.44. The number of anilines is 1. The first-order chi connectivity index (χ1) is 32.0. The maximum absolute atomic E-state index is 9.19. The van der Waals surface area contributed by atoms with E-state index < -0.39 is 10.1 Å². The van der Waals surface area contributed by atoms with Gasteiger partial charge < -0.3 is 36.1 Å². The molecule has 4 nitrogen and oxygen atoms in total. The molecule has 0 fully saturated rings. The smallest absolute Gasteiger partial charge is 0.261 e. The van der Waals surface area contributed by atoms with Crippen molar-refractivity contribution >= 4 is 24.4 Å². The molecule has 0 radical (unpaired) electrons. The molecule has 0 aliphatic rings. The third kappa shape index (κ3) is 19.5. The van der Waals surface area contributed by atoms with Crippen molar-refractivity contribution in [2.45, 2.75) is 51.9 Å². The molecule has 9 rings (SSSR count). The van der Waals surface area contributed by atoms with Gasteiger partial charge in [0.2, 0.25) is 0 Å². The van der Waals surface area contributed by atoms with Crippen LogP contribution in [0.2, 0.25) is 0 Å². The molecule has 8 heteroatoms. The van der Waals surface area contributed by atoms with E-state index in [-0.39, 0.29) is 37.5 Å². The van der Waals surface area contributed by atoms with Crippen molar-refractivity contribution in [3.05, 3.63) is 237 Å². The molecule has 0 aromatic heterocycles. The van der Waals surface area contributed by atoms with Gasteiger partial charge in [0.1, 0.15) is 0 Å². The number of benzene rings is 7. The predicted octanol–water partition coefficient (Wildman–Crippen LogP) is 15.8. The molecule has 9 aromatic rings. The zero-order valence-corrected chi connectivity index (χ0v) is 44.5. The second-order valence-electron chi connectivity index (χ2n) is 17.6. The van der Waals surface area contributed by atoms with Crippen LogP contribution in [0.3, 0.4) is 0 Å². The van der Waals surface area contributed by atoms with Gasteiger partial charge in [-0.05, 0) is 33.2 Å². The number of hydrogen-bond acceptors (Lipinski definition) is 3. The van der Waals surface area contributed by atoms with E-state index in [1.54, 1.807) is 6.07 Å². The van der Waals surface area contributed by atoms with E-state index in [1.165, 1.54) is 55.6 Å². The summed E-state index contributed by atoms with van der Waals surface area (Å²) in [6.45, 7) is 13.8. The molecule has 0 bridgehead atoms. The second kappa shape index (κ2) is 28.3. The minimum Gasteiger partial charge on any atom is -0.999 e. The Morgan fingerprint density at radius 3 is 1.20 bits per heavy atom. The molecule has 0 unspecified atom stereocenters. The van der Waals surface area contributed by atoms with Gasteiger partial charge in [0.05, 0.1) is 6.26 Å². The van der Waals surface area contributed by atoms with Crippen LogP contribution < -0.4 is 5.73 Å². The third-order valence-electron chi connectivity index (χ3n) is 9.62. The molecule has 0 saturated heterocycles. The van der Waals surface area contributed by atoms with Gasteiger partial charge in [-0.2, -0.15) is 8.42 Å². The molecule has 69 heavy (non-hydrogen) atoms. The Morgan fingerprint density at radius 1 is 0.536 bits per heavy atom. The molecule has 0 spiro atoms. The molecular formula is C61H59FeNO3PPdS-7. The monoisotopic (exact) mass is 1080 g/mol. The summed E-state index contributed by atoms with van der Waals surface area (Å²) in [5, 5.41) is 1.02. The van der Waals surface area contributed by atoms with Gasteiger partial charge in [0.25, 0.3) is 10.1 Å². The fraction of sp³-hybridized carbons (Fsp3) is 0.148. The predicted molar refractivity (Wildman–Crippen MR) is 287 cm³/mol. The van der Waals surface area contributed by atoms with Crippen LogP contribution in [0.5, 0.6) is 0 Å². The molecule has 0 saturated carbocycles. The van der Waals surface area contributed by atoms with Crippen LogP contribution in [0.15, 0.2) is 206 Å². The molecule has 0 heterocycles. The van der Waals surface area contributed by atoms with Crippen LogP contribution in [-0.4, -0.2) is 29.5 Å². The van der Waals surface area contributed by atoms with E-state index in [4.69, 9.17) is 10.3 Å². The Bertz CT molecular complexity index is 2570. The van der Waals surface area contributed by atoms with Crippen LogP contribution in [0.1, 0.15) is 41.5 Å². The van der Waals surface area contributed by atoms with E-state index in [1.807, 2.05) is 48.5 Å². The number of para-hydroxylation sites is 1. The van der Waals surface area contributed by atoms with Gasteiger partial charge in [-0.25, -0.2) is 0 Å². The zero-order chi connectivity index (χ0) is 48.3. The summed E-state index contributed by atoms with van der Waals surface area (Å²) in [5.41, 5.74) is 21.2. The first-order valence-corrected chi connectivity index (χ1v) is 24.8. The summed E-state index contributed by atoms with van der Waals surface area (Å²) < 4.78 is 25.9. The standard InChI is InChI=1S/C35H25.C12H10N.C8H19P.C5H.CH4O3S.Fe.Pd/c1-6-16-26(17-7-1)31-32(27-18-8-2-9-19-27)34(29-22-12-4-13-23-29)35(30-24-14-5-15-25-30)33(31)28-20-10-3-11-21-28;13-12-9-5-4-8-11(12)10-6-2-1-3-7-10;1-7(2,3)9-8(4,5)6;1-2-4-5-3-1;1-5(2,3)4;;/h1-25H;1-6,8-9H,13H2;9H,1-6H3;1H;1H3,(H,2,3,4);;/q2*-1;;-5;;;. The van der Waals surface area contributed by atoms with Crippen LogP contribution in [0.4, 0.5) is 5.69 Å². The Kier molecular flexibility index (Phi) is 23.7. The average molecular weight is 1080 g/mol. The molecule has 0 amide bonds. The van der Waals surface area contributed by atoms with Crippen LogP contribution in [0, 0.1) is 30.3 Å². The van der Waals surface area contributed by atoms with E-state index in [9.17, 15) is 8.42 Å². The summed E-state index contributed by atoms with van der Waals surface area (Å²) >= 11 is 0. The van der Waals surface area contributed by atoms with Gasteiger partial charge >= 0.3 is 0 Å². The third-order valence-corrected chi connectivity index (χ3v) is 11.1. The maximum atomic E-state index is 9.19. The van der Waals surface area contributed by atoms with E-state index >= 15 is 0 Å². The molecule has 362 valence electrons. The van der Waals surface area contributed by atoms with Crippen molar-refractivity contribution in [2.75, 3.05) is 12.0 Å². The quantitative estimate of drug-likeness (QED) is 0.0572. The fourth-order valence-corrected chi connectivity index (χ4v) is 9.95. The Balaban J connectivity index is 0.000000302. The fourth-order valence-electron chi connectivity index (χ4n) is 7.70. The summed E-state index contributed by atoms with van der Waals surface area (Å²) in [5.74, 6) is 0. The van der Waals surface area contributed by atoms with Crippen LogP contribution >= 0.6 is 8.58 Å². The van der Waals surface area contributed by atoms with E-state index in [0.717, 1.165) is 25.4 Å². The summed E-state index contributed by atoms with van der Waals surface area (Å²) in [6, 6.07) is 84.9. The van der Waals surface area contributed by atoms with Gasteiger partial charge in [0, 0.05) is 37.5 Å². The zero-order valence-electron chi connectivity index (χ0n) is 40.0.